The van der Waals surface area contributed by atoms with Crippen LogP contribution in [0.25, 0.3) is 0 Å². The number of hydrogen-bond donors (Lipinski definition) is 0. The van der Waals surface area contributed by atoms with E-state index in [1.807, 2.05) is 12.1 Å². The molecule has 0 aromatic heterocycles. The smallest absolute Gasteiger partial charge is 0.174 e. The number of ether oxygens (including phenoxy) is 1. The monoisotopic (exact) mass is 354 g/mol. The molecule has 0 N–H and O–H groups in total. The molecule has 0 saturated carbocycles. The topological polar surface area (TPSA) is 26.3 Å². The molecule has 1 aromatic carbocycles. The highest BCUT2D eigenvalue weighted by Crippen LogP contribution is 2.20. The van der Waals surface area contributed by atoms with Gasteiger partial charge in [-0.15, -0.1) is 0 Å². The highest BCUT2D eigenvalue weighted by molar-refractivity contribution is 14.1. The first-order valence-corrected chi connectivity index (χ1v) is 5.81. The van der Waals surface area contributed by atoms with E-state index in [2.05, 4.69) is 38.5 Å². The predicted molar refractivity (Wildman–Crippen MR) is 63.8 cm³/mol. The third-order valence-corrected chi connectivity index (χ3v) is 3.05. The normalized spacial score (nSPS) is 9.77. The molecule has 2 nitrogen and oxygen atoms in total. The first-order chi connectivity index (χ1) is 6.19. The van der Waals surface area contributed by atoms with Crippen LogP contribution in [0.15, 0.2) is 18.2 Å². The average Bonchev–Trinajstić information content (AvgIpc) is 2.17. The van der Waals surface area contributed by atoms with Crippen LogP contribution in [0.2, 0.25) is 0 Å². The van der Waals surface area contributed by atoms with Crippen LogP contribution in [0.5, 0.6) is 5.75 Å². The van der Waals surface area contributed by atoms with E-state index in [0.29, 0.717) is 16.6 Å². The third-order valence-electron chi connectivity index (χ3n) is 1.60. The molecule has 4 heteroatoms. The zero-order valence-corrected chi connectivity index (χ0v) is 10.8. The number of carbonyl (C=O) groups is 1. The number of benzene rings is 1. The van der Waals surface area contributed by atoms with E-state index in [9.17, 15) is 4.79 Å². The first kappa shape index (κ1) is 11.0. The largest absolute Gasteiger partial charge is 0.497 e. The summed E-state index contributed by atoms with van der Waals surface area (Å²) >= 11 is 5.27. The number of Topliss-reactive ketones (excluding diaryl/α,β-unsaturated/α-hetero) is 1. The Kier molecular flexibility index (Phi) is 4.18. The third kappa shape index (κ3) is 2.67. The minimum absolute atomic E-state index is 0.0725. The van der Waals surface area contributed by atoms with Crippen LogP contribution in [0, 0.1) is 3.57 Å². The van der Waals surface area contributed by atoms with Crippen molar-refractivity contribution >= 4 is 44.3 Å². The van der Waals surface area contributed by atoms with Crippen molar-refractivity contribution in [3.8, 4) is 5.75 Å². The van der Waals surface area contributed by atoms with Gasteiger partial charge in [-0.1, -0.05) is 15.9 Å². The van der Waals surface area contributed by atoms with Gasteiger partial charge in [0.2, 0.25) is 0 Å². The second kappa shape index (κ2) is 4.95. The molecule has 0 bridgehead atoms. The molecule has 0 unspecified atom stereocenters. The molecule has 1 aromatic rings. The summed E-state index contributed by atoms with van der Waals surface area (Å²) in [6.07, 6.45) is 0. The van der Waals surface area contributed by atoms with E-state index in [1.54, 1.807) is 13.2 Å². The summed E-state index contributed by atoms with van der Waals surface area (Å²) in [5, 5.41) is 0.343. The fourth-order valence-corrected chi connectivity index (χ4v) is 1.86. The van der Waals surface area contributed by atoms with Gasteiger partial charge < -0.3 is 4.74 Å². The van der Waals surface area contributed by atoms with Crippen LogP contribution < -0.4 is 4.74 Å². The van der Waals surface area contributed by atoms with Gasteiger partial charge in [-0.3, -0.25) is 4.79 Å². The number of alkyl halides is 1. The Labute approximate surface area is 98.9 Å². The maximum Gasteiger partial charge on any atom is 0.174 e. The van der Waals surface area contributed by atoms with E-state index in [0.717, 1.165) is 3.57 Å². The zero-order valence-electron chi connectivity index (χ0n) is 7.01. The summed E-state index contributed by atoms with van der Waals surface area (Å²) < 4.78 is 5.98. The van der Waals surface area contributed by atoms with Gasteiger partial charge in [-0.2, -0.15) is 0 Å². The van der Waals surface area contributed by atoms with Gasteiger partial charge in [0, 0.05) is 9.13 Å². The van der Waals surface area contributed by atoms with E-state index < -0.39 is 0 Å². The molecule has 0 saturated heterocycles. The van der Waals surface area contributed by atoms with Crippen LogP contribution in [-0.4, -0.2) is 18.2 Å². The second-order valence-electron chi connectivity index (χ2n) is 2.40. The highest BCUT2D eigenvalue weighted by atomic mass is 127. The van der Waals surface area contributed by atoms with Crippen molar-refractivity contribution in [1.29, 1.82) is 0 Å². The molecule has 0 spiro atoms. The molecule has 0 atom stereocenters. The van der Waals surface area contributed by atoms with Crippen molar-refractivity contribution in [2.24, 2.45) is 0 Å². The van der Waals surface area contributed by atoms with Crippen LogP contribution in [0.1, 0.15) is 10.4 Å². The SMILES string of the molecule is COc1ccc(I)c(C(=O)CBr)c1. The van der Waals surface area contributed by atoms with Crippen molar-refractivity contribution < 1.29 is 9.53 Å². The van der Waals surface area contributed by atoms with Crippen LogP contribution in [-0.2, 0) is 0 Å². The lowest BCUT2D eigenvalue weighted by Gasteiger charge is -2.04. The molecule has 70 valence electrons. The molecule has 0 aliphatic carbocycles. The maximum absolute atomic E-state index is 11.4. The van der Waals surface area contributed by atoms with Gasteiger partial charge in [-0.05, 0) is 40.8 Å². The minimum atomic E-state index is 0.0725. The Morgan fingerprint density at radius 3 is 2.85 bits per heavy atom. The number of rotatable bonds is 3. The Balaban J connectivity index is 3.11. The van der Waals surface area contributed by atoms with E-state index in [-0.39, 0.29) is 5.78 Å². The van der Waals surface area contributed by atoms with Gasteiger partial charge in [0.05, 0.1) is 12.4 Å². The first-order valence-electron chi connectivity index (χ1n) is 3.61. The Bertz CT molecular complexity index is 325. The summed E-state index contributed by atoms with van der Waals surface area (Å²) in [7, 11) is 1.59. The van der Waals surface area contributed by atoms with E-state index >= 15 is 0 Å². The number of methoxy groups -OCH3 is 1. The molecule has 0 heterocycles. The van der Waals surface area contributed by atoms with Crippen molar-refractivity contribution in [3.05, 3.63) is 27.3 Å². The maximum atomic E-state index is 11.4. The molecular formula is C9H8BrIO2. The highest BCUT2D eigenvalue weighted by Gasteiger charge is 2.09. The molecule has 13 heavy (non-hydrogen) atoms. The average molecular weight is 355 g/mol. The van der Waals surface area contributed by atoms with Gasteiger partial charge in [0.25, 0.3) is 0 Å². The quantitative estimate of drug-likeness (QED) is 0.474. The van der Waals surface area contributed by atoms with E-state index in [1.165, 1.54) is 0 Å². The van der Waals surface area contributed by atoms with E-state index in [4.69, 9.17) is 4.74 Å². The minimum Gasteiger partial charge on any atom is -0.497 e. The standard InChI is InChI=1S/C9H8BrIO2/c1-13-6-2-3-8(11)7(4-6)9(12)5-10/h2-4H,5H2,1H3. The van der Waals surface area contributed by atoms with Gasteiger partial charge in [0.15, 0.2) is 5.78 Å². The summed E-state index contributed by atoms with van der Waals surface area (Å²) in [5.74, 6) is 0.785. The summed E-state index contributed by atoms with van der Waals surface area (Å²) in [4.78, 5) is 11.4. The number of halogens is 2. The lowest BCUT2D eigenvalue weighted by Crippen LogP contribution is -2.02. The van der Waals surface area contributed by atoms with Crippen molar-refractivity contribution in [1.82, 2.24) is 0 Å². The number of ketones is 1. The number of carbonyl (C=O) groups excluding carboxylic acids is 1. The van der Waals surface area contributed by atoms with Gasteiger partial charge in [-0.25, -0.2) is 0 Å². The molecule has 0 aliphatic heterocycles. The van der Waals surface area contributed by atoms with Gasteiger partial charge in [0.1, 0.15) is 5.75 Å². The summed E-state index contributed by atoms with van der Waals surface area (Å²) in [6, 6.07) is 5.47. The lowest BCUT2D eigenvalue weighted by molar-refractivity contribution is 0.102. The fraction of sp³-hybridized carbons (Fsp3) is 0.222. The lowest BCUT2D eigenvalue weighted by atomic mass is 10.1. The molecule has 0 fully saturated rings. The fourth-order valence-electron chi connectivity index (χ4n) is 0.917. The zero-order chi connectivity index (χ0) is 9.84. The van der Waals surface area contributed by atoms with Crippen LogP contribution in [0.4, 0.5) is 0 Å². The Morgan fingerprint density at radius 2 is 2.31 bits per heavy atom. The number of hydrogen-bond acceptors (Lipinski definition) is 2. The van der Waals surface area contributed by atoms with Crippen molar-refractivity contribution in [2.45, 2.75) is 0 Å². The van der Waals surface area contributed by atoms with Crippen molar-refractivity contribution in [3.63, 3.8) is 0 Å². The Morgan fingerprint density at radius 1 is 1.62 bits per heavy atom. The van der Waals surface area contributed by atoms with Crippen LogP contribution >= 0.6 is 38.5 Å². The van der Waals surface area contributed by atoms with Crippen molar-refractivity contribution in [2.75, 3.05) is 12.4 Å². The second-order valence-corrected chi connectivity index (χ2v) is 4.13. The molecule has 0 radical (unpaired) electrons. The Hall–Kier alpha value is -0.100. The molecular weight excluding hydrogens is 347 g/mol. The van der Waals surface area contributed by atoms with Gasteiger partial charge >= 0.3 is 0 Å². The summed E-state index contributed by atoms with van der Waals surface area (Å²) in [5.41, 5.74) is 0.705. The molecule has 0 aliphatic rings. The predicted octanol–water partition coefficient (Wildman–Crippen LogP) is 2.88. The molecule has 0 amide bonds. The molecule has 1 rings (SSSR count). The summed E-state index contributed by atoms with van der Waals surface area (Å²) in [6.45, 7) is 0. The van der Waals surface area contributed by atoms with Crippen LogP contribution in [0.3, 0.4) is 0 Å².